The summed E-state index contributed by atoms with van der Waals surface area (Å²) < 4.78 is 0. The Labute approximate surface area is 103 Å². The lowest BCUT2D eigenvalue weighted by atomic mass is 10.2. The fourth-order valence-corrected chi connectivity index (χ4v) is 1.49. The van der Waals surface area contributed by atoms with Crippen LogP contribution < -0.4 is 16.4 Å². The summed E-state index contributed by atoms with van der Waals surface area (Å²) in [5, 5.41) is 6.01. The molecule has 0 radical (unpaired) electrons. The molecule has 0 heterocycles. The van der Waals surface area contributed by atoms with E-state index >= 15 is 0 Å². The minimum Gasteiger partial charge on any atom is -0.397 e. The molecule has 0 atom stereocenters. The van der Waals surface area contributed by atoms with E-state index in [0.717, 1.165) is 24.2 Å². The van der Waals surface area contributed by atoms with Gasteiger partial charge in [0.15, 0.2) is 0 Å². The number of amides is 1. The zero-order chi connectivity index (χ0) is 12.7. The second-order valence-corrected chi connectivity index (χ2v) is 4.12. The van der Waals surface area contributed by atoms with Gasteiger partial charge in [-0.25, -0.2) is 0 Å². The maximum absolute atomic E-state index is 11.4. The van der Waals surface area contributed by atoms with Crippen molar-refractivity contribution in [2.24, 2.45) is 0 Å². The number of hydrogen-bond acceptors (Lipinski definition) is 3. The van der Waals surface area contributed by atoms with Crippen LogP contribution in [0.25, 0.3) is 0 Å². The summed E-state index contributed by atoms with van der Waals surface area (Å²) in [6.45, 7) is 5.39. The number of nitrogen functional groups attached to an aromatic ring is 1. The molecule has 0 aromatic heterocycles. The maximum atomic E-state index is 11.4. The van der Waals surface area contributed by atoms with Crippen LogP contribution in [0.15, 0.2) is 18.2 Å². The van der Waals surface area contributed by atoms with Crippen LogP contribution in [0.2, 0.25) is 0 Å². The summed E-state index contributed by atoms with van der Waals surface area (Å²) in [6, 6.07) is 5.82. The predicted octanol–water partition coefficient (Wildman–Crippen LogP) is 1.91. The quantitative estimate of drug-likeness (QED) is 0.660. The highest BCUT2D eigenvalue weighted by Gasteiger charge is 2.01. The molecular formula is C13H21N3O. The van der Waals surface area contributed by atoms with Crippen molar-refractivity contribution >= 4 is 17.3 Å². The lowest BCUT2D eigenvalue weighted by Gasteiger charge is -2.10. The van der Waals surface area contributed by atoms with Gasteiger partial charge in [-0.1, -0.05) is 13.0 Å². The topological polar surface area (TPSA) is 67.2 Å². The molecule has 1 aromatic rings. The number of carbonyl (C=O) groups is 1. The second kappa shape index (κ2) is 6.78. The van der Waals surface area contributed by atoms with Gasteiger partial charge in [-0.15, -0.1) is 0 Å². The monoisotopic (exact) mass is 235 g/mol. The van der Waals surface area contributed by atoms with Gasteiger partial charge in [-0.3, -0.25) is 4.79 Å². The molecule has 4 N–H and O–H groups in total. The van der Waals surface area contributed by atoms with Crippen LogP contribution in [0.4, 0.5) is 11.4 Å². The Kier molecular flexibility index (Phi) is 5.33. The number of rotatable bonds is 6. The van der Waals surface area contributed by atoms with Crippen molar-refractivity contribution in [3.05, 3.63) is 23.8 Å². The zero-order valence-corrected chi connectivity index (χ0v) is 10.5. The van der Waals surface area contributed by atoms with E-state index in [4.69, 9.17) is 5.73 Å². The van der Waals surface area contributed by atoms with Crippen LogP contribution in [0.5, 0.6) is 0 Å². The van der Waals surface area contributed by atoms with Crippen LogP contribution in [0, 0.1) is 6.92 Å². The van der Waals surface area contributed by atoms with Crippen molar-refractivity contribution in [3.63, 3.8) is 0 Å². The summed E-state index contributed by atoms with van der Waals surface area (Å²) >= 11 is 0. The fourth-order valence-electron chi connectivity index (χ4n) is 1.49. The Morgan fingerprint density at radius 2 is 2.12 bits per heavy atom. The molecule has 0 unspecified atom stereocenters. The van der Waals surface area contributed by atoms with Gasteiger partial charge >= 0.3 is 0 Å². The summed E-state index contributed by atoms with van der Waals surface area (Å²) in [5.41, 5.74) is 8.58. The molecular weight excluding hydrogens is 214 g/mol. The van der Waals surface area contributed by atoms with Crippen molar-refractivity contribution in [1.29, 1.82) is 0 Å². The van der Waals surface area contributed by atoms with E-state index in [0.29, 0.717) is 18.7 Å². The van der Waals surface area contributed by atoms with Gasteiger partial charge in [0.1, 0.15) is 0 Å². The van der Waals surface area contributed by atoms with Gasteiger partial charge in [-0.05, 0) is 31.0 Å². The van der Waals surface area contributed by atoms with Crippen molar-refractivity contribution in [1.82, 2.24) is 5.32 Å². The van der Waals surface area contributed by atoms with Crippen LogP contribution in [0.3, 0.4) is 0 Å². The molecule has 0 bridgehead atoms. The molecule has 4 heteroatoms. The Bertz CT molecular complexity index is 377. The van der Waals surface area contributed by atoms with Gasteiger partial charge < -0.3 is 16.4 Å². The lowest BCUT2D eigenvalue weighted by molar-refractivity contribution is -0.120. The molecule has 1 aromatic carbocycles. The molecule has 1 amide bonds. The summed E-state index contributed by atoms with van der Waals surface area (Å²) in [6.07, 6.45) is 1.43. The fraction of sp³-hybridized carbons (Fsp3) is 0.462. The normalized spacial score (nSPS) is 10.0. The van der Waals surface area contributed by atoms with Crippen molar-refractivity contribution < 1.29 is 4.79 Å². The van der Waals surface area contributed by atoms with E-state index in [2.05, 4.69) is 10.6 Å². The van der Waals surface area contributed by atoms with Crippen molar-refractivity contribution in [2.45, 2.75) is 26.7 Å². The number of nitrogens with two attached hydrogens (primary N) is 1. The van der Waals surface area contributed by atoms with E-state index < -0.39 is 0 Å². The molecule has 0 saturated heterocycles. The van der Waals surface area contributed by atoms with Crippen LogP contribution >= 0.6 is 0 Å². The molecule has 1 rings (SSSR count). The first kappa shape index (κ1) is 13.4. The van der Waals surface area contributed by atoms with Gasteiger partial charge in [0.2, 0.25) is 5.91 Å². The number of anilines is 2. The van der Waals surface area contributed by atoms with Gasteiger partial charge in [0.25, 0.3) is 0 Å². The summed E-state index contributed by atoms with van der Waals surface area (Å²) in [5.74, 6) is 0.0746. The summed E-state index contributed by atoms with van der Waals surface area (Å²) in [7, 11) is 0. The standard InChI is InChI=1S/C13H21N3O/c1-3-7-16-13(17)6-8-15-12-9-10(2)4-5-11(12)14/h4-5,9,15H,3,6-8,14H2,1-2H3,(H,16,17). The van der Waals surface area contributed by atoms with Crippen molar-refractivity contribution in [2.75, 3.05) is 24.1 Å². The molecule has 0 spiro atoms. The smallest absolute Gasteiger partial charge is 0.221 e. The van der Waals surface area contributed by atoms with E-state index in [1.165, 1.54) is 0 Å². The highest BCUT2D eigenvalue weighted by atomic mass is 16.1. The van der Waals surface area contributed by atoms with Gasteiger partial charge in [-0.2, -0.15) is 0 Å². The third kappa shape index (κ3) is 4.76. The average Bonchev–Trinajstić information content (AvgIpc) is 2.31. The molecule has 0 aliphatic carbocycles. The minimum atomic E-state index is 0.0746. The van der Waals surface area contributed by atoms with Gasteiger partial charge in [0.05, 0.1) is 11.4 Å². The third-order valence-electron chi connectivity index (χ3n) is 2.45. The second-order valence-electron chi connectivity index (χ2n) is 4.12. The number of hydrogen-bond donors (Lipinski definition) is 3. The first-order valence-corrected chi connectivity index (χ1v) is 6.00. The molecule has 94 valence electrons. The first-order chi connectivity index (χ1) is 8.13. The molecule has 17 heavy (non-hydrogen) atoms. The van der Waals surface area contributed by atoms with Crippen molar-refractivity contribution in [3.8, 4) is 0 Å². The molecule has 0 saturated carbocycles. The van der Waals surface area contributed by atoms with Crippen LogP contribution in [-0.4, -0.2) is 19.0 Å². The largest absolute Gasteiger partial charge is 0.397 e. The first-order valence-electron chi connectivity index (χ1n) is 6.00. The Morgan fingerprint density at radius 1 is 1.35 bits per heavy atom. The Morgan fingerprint density at radius 3 is 2.82 bits per heavy atom. The Hall–Kier alpha value is -1.71. The predicted molar refractivity (Wildman–Crippen MR) is 72.0 cm³/mol. The zero-order valence-electron chi connectivity index (χ0n) is 10.5. The van der Waals surface area contributed by atoms with Crippen LogP contribution in [0.1, 0.15) is 25.3 Å². The molecule has 0 fully saturated rings. The number of carbonyl (C=O) groups excluding carboxylic acids is 1. The summed E-state index contributed by atoms with van der Waals surface area (Å²) in [4.78, 5) is 11.4. The highest BCUT2D eigenvalue weighted by molar-refractivity contribution is 5.76. The van der Waals surface area contributed by atoms with E-state index in [9.17, 15) is 4.79 Å². The SMILES string of the molecule is CCCNC(=O)CCNc1cc(C)ccc1N. The number of benzene rings is 1. The lowest BCUT2D eigenvalue weighted by Crippen LogP contribution is -2.25. The third-order valence-corrected chi connectivity index (χ3v) is 2.45. The van der Waals surface area contributed by atoms with Crippen LogP contribution in [-0.2, 0) is 4.79 Å². The van der Waals surface area contributed by atoms with E-state index in [1.54, 1.807) is 0 Å². The average molecular weight is 235 g/mol. The maximum Gasteiger partial charge on any atom is 0.221 e. The van der Waals surface area contributed by atoms with E-state index in [1.807, 2.05) is 32.0 Å². The highest BCUT2D eigenvalue weighted by Crippen LogP contribution is 2.19. The molecule has 0 aliphatic heterocycles. The Balaban J connectivity index is 2.35. The molecule has 4 nitrogen and oxygen atoms in total. The molecule has 0 aliphatic rings. The van der Waals surface area contributed by atoms with Gasteiger partial charge in [0, 0.05) is 19.5 Å². The van der Waals surface area contributed by atoms with E-state index in [-0.39, 0.29) is 5.91 Å². The minimum absolute atomic E-state index is 0.0746. The number of aryl methyl sites for hydroxylation is 1. The number of nitrogens with one attached hydrogen (secondary N) is 2.